The summed E-state index contributed by atoms with van der Waals surface area (Å²) >= 11 is 4.63. The first-order valence-electron chi connectivity index (χ1n) is 2.76. The average molecular weight is 130 g/mol. The third-order valence-electron chi connectivity index (χ3n) is 1.44. The van der Waals surface area contributed by atoms with Gasteiger partial charge in [-0.25, -0.2) is 0 Å². The maximum absolute atomic E-state index is 5.22. The van der Waals surface area contributed by atoms with E-state index in [1.54, 1.807) is 0 Å². The summed E-state index contributed by atoms with van der Waals surface area (Å²) in [5, 5.41) is 3.41. The quantitative estimate of drug-likeness (QED) is 0.499. The van der Waals surface area contributed by atoms with Crippen molar-refractivity contribution in [1.82, 2.24) is 5.32 Å². The minimum absolute atomic E-state index is 0.430. The number of rotatable bonds is 1. The molecule has 0 bridgehead atoms. The van der Waals surface area contributed by atoms with Crippen molar-refractivity contribution in [2.75, 3.05) is 0 Å². The fourth-order valence-corrected chi connectivity index (χ4v) is 0.857. The molecule has 0 saturated heterocycles. The maximum Gasteiger partial charge on any atom is 0.163 e. The van der Waals surface area contributed by atoms with E-state index >= 15 is 0 Å². The third kappa shape index (κ3) is 1.33. The van der Waals surface area contributed by atoms with Gasteiger partial charge < -0.3 is 11.1 Å². The molecule has 1 aliphatic rings. The molecule has 0 aromatic carbocycles. The second kappa shape index (κ2) is 1.90. The summed E-state index contributed by atoms with van der Waals surface area (Å²) in [6.07, 6.45) is 1.22. The van der Waals surface area contributed by atoms with E-state index in [-0.39, 0.29) is 0 Å². The predicted octanol–water partition coefficient (Wildman–Crippen LogP) is 0.228. The van der Waals surface area contributed by atoms with Crippen molar-refractivity contribution in [1.29, 1.82) is 0 Å². The maximum atomic E-state index is 5.22. The SMILES string of the molecule is CC1CC1NC(N)=S. The molecule has 46 valence electrons. The summed E-state index contributed by atoms with van der Waals surface area (Å²) in [6, 6.07) is 0.576. The average Bonchev–Trinajstić information content (AvgIpc) is 2.17. The molecule has 1 fully saturated rings. The summed E-state index contributed by atoms with van der Waals surface area (Å²) in [7, 11) is 0. The standard InChI is InChI=1S/C5H10N2S/c1-3-2-4(3)7-5(6)8/h3-4H,2H2,1H3,(H3,6,7,8). The van der Waals surface area contributed by atoms with Gasteiger partial charge in [0.1, 0.15) is 0 Å². The lowest BCUT2D eigenvalue weighted by Crippen LogP contribution is -2.31. The van der Waals surface area contributed by atoms with Gasteiger partial charge in [0.05, 0.1) is 0 Å². The Morgan fingerprint density at radius 1 is 1.88 bits per heavy atom. The van der Waals surface area contributed by atoms with E-state index < -0.39 is 0 Å². The van der Waals surface area contributed by atoms with Crippen LogP contribution >= 0.6 is 12.2 Å². The lowest BCUT2D eigenvalue weighted by atomic mass is 10.5. The van der Waals surface area contributed by atoms with Crippen LogP contribution in [0.3, 0.4) is 0 Å². The van der Waals surface area contributed by atoms with Crippen molar-refractivity contribution in [2.24, 2.45) is 11.7 Å². The number of hydrogen-bond donors (Lipinski definition) is 2. The Morgan fingerprint density at radius 2 is 2.38 bits per heavy atom. The molecule has 0 amide bonds. The van der Waals surface area contributed by atoms with Crippen LogP contribution in [-0.4, -0.2) is 11.2 Å². The van der Waals surface area contributed by atoms with Gasteiger partial charge in [-0.3, -0.25) is 0 Å². The molecule has 0 spiro atoms. The van der Waals surface area contributed by atoms with Crippen LogP contribution in [0.1, 0.15) is 13.3 Å². The highest BCUT2D eigenvalue weighted by Crippen LogP contribution is 2.28. The predicted molar refractivity (Wildman–Crippen MR) is 37.5 cm³/mol. The van der Waals surface area contributed by atoms with Gasteiger partial charge in [-0.1, -0.05) is 6.92 Å². The first-order chi connectivity index (χ1) is 3.70. The minimum Gasteiger partial charge on any atom is -0.376 e. The number of hydrogen-bond acceptors (Lipinski definition) is 1. The van der Waals surface area contributed by atoms with Crippen molar-refractivity contribution >= 4 is 17.3 Å². The van der Waals surface area contributed by atoms with Gasteiger partial charge in [-0.2, -0.15) is 0 Å². The molecule has 0 aromatic heterocycles. The molecular weight excluding hydrogens is 120 g/mol. The van der Waals surface area contributed by atoms with Crippen LogP contribution < -0.4 is 11.1 Å². The normalized spacial score (nSPS) is 34.1. The summed E-state index contributed by atoms with van der Waals surface area (Å²) in [5.74, 6) is 0.775. The van der Waals surface area contributed by atoms with Crippen LogP contribution in [0.2, 0.25) is 0 Å². The molecule has 2 nitrogen and oxygen atoms in total. The van der Waals surface area contributed by atoms with Crippen molar-refractivity contribution < 1.29 is 0 Å². The van der Waals surface area contributed by atoms with Gasteiger partial charge >= 0.3 is 0 Å². The zero-order valence-electron chi connectivity index (χ0n) is 4.85. The first kappa shape index (κ1) is 5.82. The van der Waals surface area contributed by atoms with E-state index in [0.717, 1.165) is 5.92 Å². The highest BCUT2D eigenvalue weighted by atomic mass is 32.1. The second-order valence-corrected chi connectivity index (χ2v) is 2.77. The summed E-state index contributed by atoms with van der Waals surface area (Å²) in [4.78, 5) is 0. The Morgan fingerprint density at radius 3 is 2.50 bits per heavy atom. The lowest BCUT2D eigenvalue weighted by Gasteiger charge is -1.97. The molecule has 1 saturated carbocycles. The molecule has 0 aliphatic heterocycles. The fourth-order valence-electron chi connectivity index (χ4n) is 0.706. The third-order valence-corrected chi connectivity index (χ3v) is 1.55. The fraction of sp³-hybridized carbons (Fsp3) is 0.800. The molecule has 0 heterocycles. The van der Waals surface area contributed by atoms with Gasteiger partial charge in [0, 0.05) is 6.04 Å². The molecule has 0 radical (unpaired) electrons. The van der Waals surface area contributed by atoms with Crippen LogP contribution in [0.25, 0.3) is 0 Å². The van der Waals surface area contributed by atoms with E-state index in [1.807, 2.05) is 0 Å². The van der Waals surface area contributed by atoms with Crippen LogP contribution in [0.15, 0.2) is 0 Å². The van der Waals surface area contributed by atoms with Gasteiger partial charge in [-0.05, 0) is 24.6 Å². The molecule has 2 unspecified atom stereocenters. The number of thiocarbonyl (C=S) groups is 1. The topological polar surface area (TPSA) is 38.0 Å². The van der Waals surface area contributed by atoms with E-state index in [0.29, 0.717) is 11.2 Å². The second-order valence-electron chi connectivity index (χ2n) is 2.33. The number of nitrogens with one attached hydrogen (secondary N) is 1. The van der Waals surface area contributed by atoms with E-state index in [1.165, 1.54) is 6.42 Å². The zero-order valence-corrected chi connectivity index (χ0v) is 5.66. The van der Waals surface area contributed by atoms with Gasteiger partial charge in [0.15, 0.2) is 5.11 Å². The van der Waals surface area contributed by atoms with E-state index in [9.17, 15) is 0 Å². The van der Waals surface area contributed by atoms with Crippen molar-refractivity contribution in [2.45, 2.75) is 19.4 Å². The lowest BCUT2D eigenvalue weighted by molar-refractivity contribution is 0.816. The largest absolute Gasteiger partial charge is 0.376 e. The molecule has 3 N–H and O–H groups in total. The monoisotopic (exact) mass is 130 g/mol. The zero-order chi connectivity index (χ0) is 6.15. The van der Waals surface area contributed by atoms with E-state index in [2.05, 4.69) is 24.5 Å². The number of nitrogens with two attached hydrogens (primary N) is 1. The molecule has 1 aliphatic carbocycles. The van der Waals surface area contributed by atoms with Crippen LogP contribution in [0.4, 0.5) is 0 Å². The minimum atomic E-state index is 0.430. The molecule has 8 heavy (non-hydrogen) atoms. The van der Waals surface area contributed by atoms with Gasteiger partial charge in [0.25, 0.3) is 0 Å². The smallest absolute Gasteiger partial charge is 0.163 e. The first-order valence-corrected chi connectivity index (χ1v) is 3.17. The van der Waals surface area contributed by atoms with Crippen molar-refractivity contribution in [3.05, 3.63) is 0 Å². The molecule has 0 aromatic rings. The highest BCUT2D eigenvalue weighted by Gasteiger charge is 2.32. The van der Waals surface area contributed by atoms with Crippen LogP contribution in [0.5, 0.6) is 0 Å². The summed E-state index contributed by atoms with van der Waals surface area (Å²) < 4.78 is 0. The van der Waals surface area contributed by atoms with Crippen LogP contribution in [0, 0.1) is 5.92 Å². The van der Waals surface area contributed by atoms with E-state index in [4.69, 9.17) is 5.73 Å². The highest BCUT2D eigenvalue weighted by molar-refractivity contribution is 7.80. The molecule has 3 heteroatoms. The Balaban J connectivity index is 2.14. The Labute approximate surface area is 54.4 Å². The Hall–Kier alpha value is -0.310. The van der Waals surface area contributed by atoms with Gasteiger partial charge in [0.2, 0.25) is 0 Å². The van der Waals surface area contributed by atoms with Crippen molar-refractivity contribution in [3.8, 4) is 0 Å². The van der Waals surface area contributed by atoms with Gasteiger partial charge in [-0.15, -0.1) is 0 Å². The van der Waals surface area contributed by atoms with Crippen molar-refractivity contribution in [3.63, 3.8) is 0 Å². The molecule has 1 rings (SSSR count). The summed E-state index contributed by atoms with van der Waals surface area (Å²) in [5.41, 5.74) is 5.22. The Kier molecular flexibility index (Phi) is 1.38. The molecular formula is C5H10N2S. The molecule has 2 atom stereocenters. The van der Waals surface area contributed by atoms with Crippen LogP contribution in [-0.2, 0) is 0 Å². The Bertz CT molecular complexity index is 113. The summed E-state index contributed by atoms with van der Waals surface area (Å²) in [6.45, 7) is 2.18.